The van der Waals surface area contributed by atoms with Gasteiger partial charge < -0.3 is 10.1 Å². The van der Waals surface area contributed by atoms with Crippen LogP contribution in [0, 0.1) is 11.8 Å². The molecule has 3 atom stereocenters. The number of methoxy groups -OCH3 is 1. The lowest BCUT2D eigenvalue weighted by Gasteiger charge is -2.34. The van der Waals surface area contributed by atoms with Gasteiger partial charge in [-0.1, -0.05) is 20.3 Å². The lowest BCUT2D eigenvalue weighted by Crippen LogP contribution is -2.49. The Hall–Kier alpha value is -0.780. The van der Waals surface area contributed by atoms with E-state index in [2.05, 4.69) is 10.1 Å². The minimum absolute atomic E-state index is 0.0151. The fourth-order valence-corrected chi connectivity index (χ4v) is 2.55. The molecule has 1 N–H and O–H groups in total. The van der Waals surface area contributed by atoms with Crippen LogP contribution in [0.5, 0.6) is 0 Å². The first-order valence-corrected chi connectivity index (χ1v) is 6.66. The summed E-state index contributed by atoms with van der Waals surface area (Å²) in [5, 5.41) is 3.03. The molecule has 19 heavy (non-hydrogen) atoms. The molecule has 0 aromatic carbocycles. The van der Waals surface area contributed by atoms with E-state index in [0.29, 0.717) is 12.8 Å². The molecule has 0 aromatic heterocycles. The lowest BCUT2D eigenvalue weighted by molar-refractivity contribution is -0.184. The first kappa shape index (κ1) is 16.3. The van der Waals surface area contributed by atoms with Gasteiger partial charge in [-0.05, 0) is 25.2 Å². The minimum Gasteiger partial charge on any atom is -0.468 e. The van der Waals surface area contributed by atoms with Crippen molar-refractivity contribution in [2.45, 2.75) is 57.8 Å². The van der Waals surface area contributed by atoms with E-state index in [1.54, 1.807) is 0 Å². The van der Waals surface area contributed by atoms with Gasteiger partial charge in [-0.15, -0.1) is 0 Å². The molecule has 1 rings (SSSR count). The van der Waals surface area contributed by atoms with Crippen LogP contribution in [0.4, 0.5) is 13.2 Å². The maximum atomic E-state index is 12.7. The molecule has 1 fully saturated rings. The van der Waals surface area contributed by atoms with Crippen LogP contribution in [-0.4, -0.2) is 31.3 Å². The number of hydrogen-bond acceptors (Lipinski definition) is 3. The van der Waals surface area contributed by atoms with Crippen LogP contribution in [-0.2, 0) is 9.53 Å². The average molecular weight is 281 g/mol. The number of halogens is 3. The standard InChI is InChI=1S/C13H22F3NO2/c1-8(2)11(12(18)19-3)17-10-6-4-5-9(7-10)13(14,15)16/h8-11,17H,4-7H2,1-3H3/t9?,10?,11-/m0/s1. The quantitative estimate of drug-likeness (QED) is 0.805. The van der Waals surface area contributed by atoms with E-state index in [1.165, 1.54) is 7.11 Å². The summed E-state index contributed by atoms with van der Waals surface area (Å²) in [5.41, 5.74) is 0. The molecule has 0 radical (unpaired) electrons. The van der Waals surface area contributed by atoms with Gasteiger partial charge in [-0.2, -0.15) is 13.2 Å². The number of ether oxygens (including phenoxy) is 1. The Morgan fingerprint density at radius 1 is 1.32 bits per heavy atom. The van der Waals surface area contributed by atoms with E-state index in [-0.39, 0.29) is 24.8 Å². The number of nitrogens with one attached hydrogen (secondary N) is 1. The molecular formula is C13H22F3NO2. The van der Waals surface area contributed by atoms with Crippen molar-refractivity contribution in [2.24, 2.45) is 11.8 Å². The summed E-state index contributed by atoms with van der Waals surface area (Å²) in [6.07, 6.45) is -2.70. The van der Waals surface area contributed by atoms with Crippen molar-refractivity contribution in [1.82, 2.24) is 5.32 Å². The van der Waals surface area contributed by atoms with Crippen LogP contribution in [0.15, 0.2) is 0 Å². The highest BCUT2D eigenvalue weighted by Gasteiger charge is 2.42. The number of alkyl halides is 3. The van der Waals surface area contributed by atoms with Crippen molar-refractivity contribution in [2.75, 3.05) is 7.11 Å². The van der Waals surface area contributed by atoms with E-state index in [4.69, 9.17) is 0 Å². The van der Waals surface area contributed by atoms with Crippen molar-refractivity contribution in [3.63, 3.8) is 0 Å². The van der Waals surface area contributed by atoms with E-state index >= 15 is 0 Å². The van der Waals surface area contributed by atoms with Crippen LogP contribution in [0.25, 0.3) is 0 Å². The number of carbonyl (C=O) groups is 1. The summed E-state index contributed by atoms with van der Waals surface area (Å²) in [4.78, 5) is 11.6. The normalized spacial score (nSPS) is 26.3. The second-order valence-corrected chi connectivity index (χ2v) is 5.51. The average Bonchev–Trinajstić information content (AvgIpc) is 2.34. The first-order chi connectivity index (χ1) is 8.75. The highest BCUT2D eigenvalue weighted by atomic mass is 19.4. The largest absolute Gasteiger partial charge is 0.468 e. The summed E-state index contributed by atoms with van der Waals surface area (Å²) in [6.45, 7) is 3.69. The Morgan fingerprint density at radius 2 is 1.95 bits per heavy atom. The SMILES string of the molecule is COC(=O)[C@@H](NC1CCCC(C(F)(F)F)C1)C(C)C. The Bertz CT molecular complexity index is 305. The van der Waals surface area contributed by atoms with Crippen molar-refractivity contribution < 1.29 is 22.7 Å². The van der Waals surface area contributed by atoms with Crippen molar-refractivity contribution in [3.8, 4) is 0 Å². The second-order valence-electron chi connectivity index (χ2n) is 5.51. The van der Waals surface area contributed by atoms with Crippen molar-refractivity contribution in [3.05, 3.63) is 0 Å². The van der Waals surface area contributed by atoms with Gasteiger partial charge in [-0.3, -0.25) is 4.79 Å². The van der Waals surface area contributed by atoms with Crippen molar-refractivity contribution in [1.29, 1.82) is 0 Å². The summed E-state index contributed by atoms with van der Waals surface area (Å²) in [5.74, 6) is -1.69. The summed E-state index contributed by atoms with van der Waals surface area (Å²) in [6, 6.07) is -0.811. The molecule has 0 spiro atoms. The van der Waals surface area contributed by atoms with Crippen molar-refractivity contribution >= 4 is 5.97 Å². The molecule has 1 aliphatic rings. The number of carbonyl (C=O) groups excluding carboxylic acids is 1. The fraction of sp³-hybridized carbons (Fsp3) is 0.923. The third-order valence-electron chi connectivity index (χ3n) is 3.67. The summed E-state index contributed by atoms with van der Waals surface area (Å²) >= 11 is 0. The van der Waals surface area contributed by atoms with Gasteiger partial charge in [0.2, 0.25) is 0 Å². The molecule has 0 aromatic rings. The monoisotopic (exact) mass is 281 g/mol. The molecule has 3 nitrogen and oxygen atoms in total. The third kappa shape index (κ3) is 4.67. The molecule has 1 saturated carbocycles. The van der Waals surface area contributed by atoms with Crippen LogP contribution in [0.2, 0.25) is 0 Å². The second kappa shape index (κ2) is 6.59. The number of esters is 1. The van der Waals surface area contributed by atoms with Gasteiger partial charge in [0, 0.05) is 6.04 Å². The van der Waals surface area contributed by atoms with Gasteiger partial charge in [0.15, 0.2) is 0 Å². The fourth-order valence-electron chi connectivity index (χ4n) is 2.55. The van der Waals surface area contributed by atoms with E-state index in [1.807, 2.05) is 13.8 Å². The summed E-state index contributed by atoms with van der Waals surface area (Å²) < 4.78 is 42.8. The zero-order valence-corrected chi connectivity index (χ0v) is 11.6. The first-order valence-electron chi connectivity index (χ1n) is 6.66. The molecule has 0 heterocycles. The van der Waals surface area contributed by atoms with E-state index in [9.17, 15) is 18.0 Å². The van der Waals surface area contributed by atoms with E-state index < -0.39 is 24.1 Å². The number of rotatable bonds is 4. The molecule has 1 aliphatic carbocycles. The molecular weight excluding hydrogens is 259 g/mol. The molecule has 0 saturated heterocycles. The Labute approximate surface area is 111 Å². The van der Waals surface area contributed by atoms with Crippen LogP contribution in [0.3, 0.4) is 0 Å². The highest BCUT2D eigenvalue weighted by molar-refractivity contribution is 5.75. The minimum atomic E-state index is -4.14. The van der Waals surface area contributed by atoms with Gasteiger partial charge >= 0.3 is 12.1 Å². The Balaban J connectivity index is 2.62. The van der Waals surface area contributed by atoms with Gasteiger partial charge in [0.05, 0.1) is 13.0 Å². The zero-order chi connectivity index (χ0) is 14.6. The smallest absolute Gasteiger partial charge is 0.391 e. The van der Waals surface area contributed by atoms with Crippen LogP contribution in [0.1, 0.15) is 39.5 Å². The third-order valence-corrected chi connectivity index (χ3v) is 3.67. The van der Waals surface area contributed by atoms with Gasteiger partial charge in [-0.25, -0.2) is 0 Å². The molecule has 0 bridgehead atoms. The lowest BCUT2D eigenvalue weighted by atomic mass is 9.84. The molecule has 112 valence electrons. The summed E-state index contributed by atoms with van der Waals surface area (Å²) in [7, 11) is 1.29. The maximum Gasteiger partial charge on any atom is 0.391 e. The molecule has 0 aliphatic heterocycles. The predicted molar refractivity (Wildman–Crippen MR) is 65.6 cm³/mol. The van der Waals surface area contributed by atoms with Crippen LogP contribution >= 0.6 is 0 Å². The highest BCUT2D eigenvalue weighted by Crippen LogP contribution is 2.37. The predicted octanol–water partition coefficient (Wildman–Crippen LogP) is 2.89. The Morgan fingerprint density at radius 3 is 2.42 bits per heavy atom. The van der Waals surface area contributed by atoms with E-state index in [0.717, 1.165) is 0 Å². The Kier molecular flexibility index (Phi) is 5.64. The molecule has 6 heteroatoms. The zero-order valence-electron chi connectivity index (χ0n) is 11.6. The molecule has 2 unspecified atom stereocenters. The van der Waals surface area contributed by atoms with Crippen LogP contribution < -0.4 is 5.32 Å². The topological polar surface area (TPSA) is 38.3 Å². The number of hydrogen-bond donors (Lipinski definition) is 1. The van der Waals surface area contributed by atoms with Gasteiger partial charge in [0.25, 0.3) is 0 Å². The maximum absolute atomic E-state index is 12.7. The van der Waals surface area contributed by atoms with Gasteiger partial charge in [0.1, 0.15) is 6.04 Å². The molecule has 0 amide bonds.